The Morgan fingerprint density at radius 2 is 2.04 bits per heavy atom. The summed E-state index contributed by atoms with van der Waals surface area (Å²) in [7, 11) is 0. The number of hydrogen-bond acceptors (Lipinski definition) is 4. The molecular weight excluding hydrogens is 344 g/mol. The Hall–Kier alpha value is -2.89. The number of amides is 1. The fourth-order valence-corrected chi connectivity index (χ4v) is 3.30. The number of rotatable bonds is 7. The lowest BCUT2D eigenvalue weighted by molar-refractivity contribution is -0.147. The number of nitrogens with zero attached hydrogens (tertiary/aromatic N) is 1. The lowest BCUT2D eigenvalue weighted by Crippen LogP contribution is -2.28. The van der Waals surface area contributed by atoms with Crippen molar-refractivity contribution in [1.29, 1.82) is 0 Å². The fraction of sp³-hybridized carbons (Fsp3) is 0.381. The quantitative estimate of drug-likeness (QED) is 0.601. The van der Waals surface area contributed by atoms with Crippen LogP contribution in [0, 0.1) is 5.92 Å². The Balaban J connectivity index is 1.65. The number of para-hydroxylation sites is 1. The van der Waals surface area contributed by atoms with Gasteiger partial charge < -0.3 is 14.6 Å². The molecule has 27 heavy (non-hydrogen) atoms. The Labute approximate surface area is 158 Å². The number of esters is 1. The third-order valence-electron chi connectivity index (χ3n) is 5.07. The summed E-state index contributed by atoms with van der Waals surface area (Å²) in [6.07, 6.45) is 2.70. The molecule has 0 spiro atoms. The van der Waals surface area contributed by atoms with E-state index in [9.17, 15) is 14.4 Å². The van der Waals surface area contributed by atoms with Crippen LogP contribution in [0.1, 0.15) is 48.7 Å². The molecule has 0 bridgehead atoms. The van der Waals surface area contributed by atoms with Gasteiger partial charge in [-0.15, -0.1) is 0 Å². The Kier molecular flexibility index (Phi) is 5.74. The molecule has 1 amide bonds. The van der Waals surface area contributed by atoms with Crippen LogP contribution in [0.2, 0.25) is 0 Å². The molecule has 0 unspecified atom stereocenters. The van der Waals surface area contributed by atoms with Gasteiger partial charge in [-0.25, -0.2) is 0 Å². The second kappa shape index (κ2) is 8.20. The molecule has 1 aliphatic heterocycles. The van der Waals surface area contributed by atoms with Gasteiger partial charge in [0.25, 0.3) is 0 Å². The highest BCUT2D eigenvalue weighted by Gasteiger charge is 2.37. The van der Waals surface area contributed by atoms with Crippen molar-refractivity contribution in [3.05, 3.63) is 53.9 Å². The predicted molar refractivity (Wildman–Crippen MR) is 102 cm³/mol. The summed E-state index contributed by atoms with van der Waals surface area (Å²) < 4.78 is 5.16. The second-order valence-corrected chi connectivity index (χ2v) is 6.89. The number of nitrogens with one attached hydrogen (secondary N) is 1. The van der Waals surface area contributed by atoms with E-state index in [1.165, 1.54) is 0 Å². The van der Waals surface area contributed by atoms with Crippen LogP contribution < -0.4 is 4.90 Å². The van der Waals surface area contributed by atoms with Crippen LogP contribution in [-0.4, -0.2) is 35.8 Å². The number of aromatic nitrogens is 1. The number of carbonyl (C=O) groups is 3. The van der Waals surface area contributed by atoms with Crippen LogP contribution in [0.5, 0.6) is 0 Å². The van der Waals surface area contributed by atoms with Crippen LogP contribution in [-0.2, 0) is 14.3 Å². The van der Waals surface area contributed by atoms with Gasteiger partial charge in [0.05, 0.1) is 11.6 Å². The van der Waals surface area contributed by atoms with Gasteiger partial charge in [-0.3, -0.25) is 14.4 Å². The molecule has 1 aromatic carbocycles. The van der Waals surface area contributed by atoms with Gasteiger partial charge in [-0.05, 0) is 36.1 Å². The standard InChI is InChI=1S/C21H24N2O4/c1-3-14(2)16-7-4-5-9-18(16)23-12-15(11-20(23)25)21(26)27-13-19(24)17-8-6-10-22-17/h4-10,14-15,22H,3,11-13H2,1-2H3/t14-,15+/m0/s1. The summed E-state index contributed by atoms with van der Waals surface area (Å²) in [6.45, 7) is 4.18. The summed E-state index contributed by atoms with van der Waals surface area (Å²) in [5.74, 6) is -1.14. The van der Waals surface area contributed by atoms with Crippen molar-refractivity contribution >= 4 is 23.3 Å². The maximum Gasteiger partial charge on any atom is 0.311 e. The van der Waals surface area contributed by atoms with Gasteiger partial charge in [0.2, 0.25) is 11.7 Å². The van der Waals surface area contributed by atoms with Crippen molar-refractivity contribution in [2.75, 3.05) is 18.1 Å². The lowest BCUT2D eigenvalue weighted by atomic mass is 9.96. The Morgan fingerprint density at radius 3 is 2.74 bits per heavy atom. The molecule has 1 aliphatic rings. The molecule has 2 atom stereocenters. The molecule has 1 aromatic heterocycles. The summed E-state index contributed by atoms with van der Waals surface area (Å²) in [4.78, 5) is 41.3. The Bertz CT molecular complexity index is 828. The SMILES string of the molecule is CC[C@H](C)c1ccccc1N1C[C@H](C(=O)OCC(=O)c2ccc[nH]2)CC1=O. The third kappa shape index (κ3) is 4.10. The molecule has 6 nitrogen and oxygen atoms in total. The van der Waals surface area contributed by atoms with E-state index in [0.29, 0.717) is 11.6 Å². The van der Waals surface area contributed by atoms with E-state index in [1.807, 2.05) is 24.3 Å². The number of aromatic amines is 1. The summed E-state index contributed by atoms with van der Waals surface area (Å²) in [5, 5.41) is 0. The molecule has 0 radical (unpaired) electrons. The molecular formula is C21H24N2O4. The van der Waals surface area contributed by atoms with Gasteiger partial charge in [0.15, 0.2) is 6.61 Å². The predicted octanol–water partition coefficient (Wildman–Crippen LogP) is 3.31. The lowest BCUT2D eigenvalue weighted by Gasteiger charge is -2.23. The largest absolute Gasteiger partial charge is 0.457 e. The number of H-pyrrole nitrogens is 1. The monoisotopic (exact) mass is 368 g/mol. The first-order valence-electron chi connectivity index (χ1n) is 9.23. The van der Waals surface area contributed by atoms with E-state index in [1.54, 1.807) is 23.2 Å². The zero-order valence-electron chi connectivity index (χ0n) is 15.6. The fourth-order valence-electron chi connectivity index (χ4n) is 3.30. The molecule has 142 valence electrons. The van der Waals surface area contributed by atoms with Crippen molar-refractivity contribution < 1.29 is 19.1 Å². The topological polar surface area (TPSA) is 79.5 Å². The minimum absolute atomic E-state index is 0.0941. The maximum absolute atomic E-state index is 12.5. The Morgan fingerprint density at radius 1 is 1.26 bits per heavy atom. The summed E-state index contributed by atoms with van der Waals surface area (Å²) in [5.41, 5.74) is 2.35. The van der Waals surface area contributed by atoms with E-state index >= 15 is 0 Å². The van der Waals surface area contributed by atoms with Crippen LogP contribution in [0.15, 0.2) is 42.6 Å². The summed E-state index contributed by atoms with van der Waals surface area (Å²) >= 11 is 0. The van der Waals surface area contributed by atoms with Gasteiger partial charge in [0.1, 0.15) is 0 Å². The van der Waals surface area contributed by atoms with E-state index in [4.69, 9.17) is 4.74 Å². The smallest absolute Gasteiger partial charge is 0.311 e. The number of hydrogen-bond donors (Lipinski definition) is 1. The first kappa shape index (κ1) is 18.9. The van der Waals surface area contributed by atoms with Crippen molar-refractivity contribution in [3.63, 3.8) is 0 Å². The molecule has 0 saturated carbocycles. The number of ether oxygens (including phenoxy) is 1. The van der Waals surface area contributed by atoms with Gasteiger partial charge >= 0.3 is 5.97 Å². The molecule has 2 aromatic rings. The first-order chi connectivity index (χ1) is 13.0. The minimum atomic E-state index is -0.557. The number of anilines is 1. The van der Waals surface area contributed by atoms with Crippen LogP contribution in [0.25, 0.3) is 0 Å². The number of Topliss-reactive ketones (excluding diaryl/α,β-unsaturated/α-hetero) is 1. The number of benzene rings is 1. The third-order valence-corrected chi connectivity index (χ3v) is 5.07. The molecule has 0 aliphatic carbocycles. The van der Waals surface area contributed by atoms with Crippen LogP contribution in [0.3, 0.4) is 0 Å². The van der Waals surface area contributed by atoms with E-state index in [0.717, 1.165) is 17.7 Å². The number of carbonyl (C=O) groups excluding carboxylic acids is 3. The molecule has 6 heteroatoms. The average molecular weight is 368 g/mol. The van der Waals surface area contributed by atoms with Crippen molar-refractivity contribution in [3.8, 4) is 0 Å². The van der Waals surface area contributed by atoms with Crippen LogP contribution >= 0.6 is 0 Å². The second-order valence-electron chi connectivity index (χ2n) is 6.89. The number of ketones is 1. The highest BCUT2D eigenvalue weighted by Crippen LogP contribution is 2.33. The first-order valence-corrected chi connectivity index (χ1v) is 9.23. The highest BCUT2D eigenvalue weighted by atomic mass is 16.5. The molecule has 3 rings (SSSR count). The van der Waals surface area contributed by atoms with Gasteiger partial charge in [-0.1, -0.05) is 32.0 Å². The molecule has 1 saturated heterocycles. The van der Waals surface area contributed by atoms with E-state index in [2.05, 4.69) is 18.8 Å². The van der Waals surface area contributed by atoms with Gasteiger partial charge in [-0.2, -0.15) is 0 Å². The van der Waals surface area contributed by atoms with Crippen molar-refractivity contribution in [2.45, 2.75) is 32.6 Å². The average Bonchev–Trinajstić information content (AvgIpc) is 3.35. The van der Waals surface area contributed by atoms with E-state index < -0.39 is 11.9 Å². The minimum Gasteiger partial charge on any atom is -0.457 e. The zero-order valence-corrected chi connectivity index (χ0v) is 15.6. The van der Waals surface area contributed by atoms with E-state index in [-0.39, 0.29) is 31.3 Å². The molecule has 1 N–H and O–H groups in total. The van der Waals surface area contributed by atoms with Crippen LogP contribution in [0.4, 0.5) is 5.69 Å². The van der Waals surface area contributed by atoms with Gasteiger partial charge in [0, 0.05) is 24.8 Å². The molecule has 2 heterocycles. The summed E-state index contributed by atoms with van der Waals surface area (Å²) in [6, 6.07) is 11.1. The zero-order chi connectivity index (χ0) is 19.4. The maximum atomic E-state index is 12.5. The highest BCUT2D eigenvalue weighted by molar-refractivity contribution is 6.01. The normalized spacial score (nSPS) is 17.8. The van der Waals surface area contributed by atoms with Crippen molar-refractivity contribution in [2.24, 2.45) is 5.92 Å². The molecule has 1 fully saturated rings. The van der Waals surface area contributed by atoms with Crippen molar-refractivity contribution in [1.82, 2.24) is 4.98 Å².